The van der Waals surface area contributed by atoms with Gasteiger partial charge in [0.05, 0.1) is 25.3 Å². The fourth-order valence-electron chi connectivity index (χ4n) is 5.31. The lowest BCUT2D eigenvalue weighted by molar-refractivity contribution is -0.150. The van der Waals surface area contributed by atoms with Gasteiger partial charge in [-0.1, -0.05) is 50.6 Å². The van der Waals surface area contributed by atoms with Crippen molar-refractivity contribution in [1.29, 1.82) is 0 Å². The normalized spacial score (nSPS) is 16.9. The summed E-state index contributed by atoms with van der Waals surface area (Å²) in [6.07, 6.45) is 2.90. The summed E-state index contributed by atoms with van der Waals surface area (Å²) >= 11 is 0. The average Bonchev–Trinajstić information content (AvgIpc) is 3.57. The Morgan fingerprint density at radius 3 is 2.33 bits per heavy atom. The molecule has 2 aromatic carbocycles. The predicted molar refractivity (Wildman–Crippen MR) is 171 cm³/mol. The van der Waals surface area contributed by atoms with Crippen molar-refractivity contribution < 1.29 is 38.6 Å². The molecule has 250 valence electrons. The van der Waals surface area contributed by atoms with Gasteiger partial charge in [-0.15, -0.1) is 0 Å². The number of carboxylic acid groups (broad SMARTS) is 1. The molecule has 0 aliphatic carbocycles. The number of nitrogens with zero attached hydrogens (tertiary/aromatic N) is 1. The fourth-order valence-corrected chi connectivity index (χ4v) is 5.31. The van der Waals surface area contributed by atoms with Crippen LogP contribution in [0.15, 0.2) is 54.6 Å². The average molecular weight is 639 g/mol. The third-order valence-electron chi connectivity index (χ3n) is 8.32. The van der Waals surface area contributed by atoms with Gasteiger partial charge in [0.25, 0.3) is 0 Å². The number of ether oxygens (including phenoxy) is 2. The number of nitrogens with one attached hydrogen (secondary N) is 2. The molecule has 3 rings (SSSR count). The van der Waals surface area contributed by atoms with Crippen molar-refractivity contribution in [3.8, 4) is 5.75 Å². The van der Waals surface area contributed by atoms with Crippen molar-refractivity contribution >= 4 is 29.7 Å². The van der Waals surface area contributed by atoms with Gasteiger partial charge in [-0.2, -0.15) is 0 Å². The van der Waals surface area contributed by atoms with Gasteiger partial charge in [0.2, 0.25) is 17.7 Å². The highest BCUT2D eigenvalue weighted by Crippen LogP contribution is 2.22. The quantitative estimate of drug-likeness (QED) is 0.150. The molecule has 0 unspecified atom stereocenters. The molecule has 1 heterocycles. The molecule has 0 radical (unpaired) electrons. The number of benzene rings is 2. The SMILES string of the molecule is CC[C@H](C)[C@H](NC(=O)[C@@H](Cc1ccc(OC)cc1)NC(=O)[C@@H](N)CCCCOC(=O)c1ccccc1)C(=O)N1CCC[C@@H]1C(=O)O. The summed E-state index contributed by atoms with van der Waals surface area (Å²) in [6.45, 7) is 4.17. The number of carboxylic acids is 1. The summed E-state index contributed by atoms with van der Waals surface area (Å²) in [4.78, 5) is 65.7. The minimum atomic E-state index is -1.08. The maximum atomic E-state index is 13.7. The van der Waals surface area contributed by atoms with Crippen LogP contribution in [0, 0.1) is 5.92 Å². The standard InChI is InChI=1S/C34H46N4O8/c1-4-22(2)29(32(41)38-19-10-14-28(38)33(42)43)37-31(40)27(21-23-15-17-25(45-3)18-16-23)36-30(39)26(35)13-8-9-20-46-34(44)24-11-6-5-7-12-24/h5-7,11-12,15-18,22,26-29H,4,8-10,13-14,19-21,35H2,1-3H3,(H,36,39)(H,37,40)(H,42,43)/t22-,26-,27+,28+,29-/m0/s1. The molecule has 12 nitrogen and oxygen atoms in total. The number of hydrogen-bond donors (Lipinski definition) is 4. The Labute approximate surface area is 270 Å². The molecule has 12 heteroatoms. The number of amides is 3. The summed E-state index contributed by atoms with van der Waals surface area (Å²) in [5.41, 5.74) is 7.39. The Kier molecular flexibility index (Phi) is 14.0. The molecule has 1 fully saturated rings. The van der Waals surface area contributed by atoms with Crippen LogP contribution in [0.4, 0.5) is 0 Å². The highest BCUT2D eigenvalue weighted by atomic mass is 16.5. The number of carbonyl (C=O) groups is 5. The molecular weight excluding hydrogens is 592 g/mol. The lowest BCUT2D eigenvalue weighted by Gasteiger charge is -2.31. The first kappa shape index (κ1) is 36.0. The van der Waals surface area contributed by atoms with E-state index in [2.05, 4.69) is 10.6 Å². The third-order valence-corrected chi connectivity index (χ3v) is 8.32. The lowest BCUT2D eigenvalue weighted by atomic mass is 9.96. The molecule has 1 aliphatic heterocycles. The highest BCUT2D eigenvalue weighted by molar-refractivity contribution is 5.94. The van der Waals surface area contributed by atoms with Crippen LogP contribution in [0.25, 0.3) is 0 Å². The smallest absolute Gasteiger partial charge is 0.338 e. The zero-order chi connectivity index (χ0) is 33.6. The van der Waals surface area contributed by atoms with Crippen molar-refractivity contribution in [2.75, 3.05) is 20.3 Å². The first-order chi connectivity index (χ1) is 22.0. The van der Waals surface area contributed by atoms with E-state index in [0.29, 0.717) is 56.4 Å². The number of rotatable bonds is 17. The number of unbranched alkanes of at least 4 members (excludes halogenated alkanes) is 1. The number of nitrogens with two attached hydrogens (primary N) is 1. The molecule has 1 saturated heterocycles. The van der Waals surface area contributed by atoms with E-state index in [1.165, 1.54) is 4.90 Å². The number of likely N-dealkylation sites (tertiary alicyclic amines) is 1. The molecule has 0 aromatic heterocycles. The summed E-state index contributed by atoms with van der Waals surface area (Å²) in [7, 11) is 1.54. The summed E-state index contributed by atoms with van der Waals surface area (Å²) in [5.74, 6) is -2.72. The van der Waals surface area contributed by atoms with E-state index >= 15 is 0 Å². The van der Waals surface area contributed by atoms with Gasteiger partial charge in [-0.25, -0.2) is 9.59 Å². The molecular formula is C34H46N4O8. The maximum Gasteiger partial charge on any atom is 0.338 e. The van der Waals surface area contributed by atoms with Gasteiger partial charge in [0, 0.05) is 13.0 Å². The van der Waals surface area contributed by atoms with Gasteiger partial charge in [-0.3, -0.25) is 14.4 Å². The predicted octanol–water partition coefficient (Wildman–Crippen LogP) is 2.68. The van der Waals surface area contributed by atoms with Crippen LogP contribution in [0.3, 0.4) is 0 Å². The van der Waals surface area contributed by atoms with Crippen LogP contribution in [0.2, 0.25) is 0 Å². The lowest BCUT2D eigenvalue weighted by Crippen LogP contribution is -2.59. The van der Waals surface area contributed by atoms with Crippen molar-refractivity contribution in [3.63, 3.8) is 0 Å². The van der Waals surface area contributed by atoms with Crippen LogP contribution >= 0.6 is 0 Å². The van der Waals surface area contributed by atoms with Crippen LogP contribution < -0.4 is 21.1 Å². The molecule has 2 aromatic rings. The van der Waals surface area contributed by atoms with Gasteiger partial charge in [0.1, 0.15) is 23.9 Å². The van der Waals surface area contributed by atoms with Crippen LogP contribution in [-0.2, 0) is 30.3 Å². The first-order valence-corrected chi connectivity index (χ1v) is 15.8. The second kappa shape index (κ2) is 17.9. The Morgan fingerprint density at radius 2 is 1.70 bits per heavy atom. The Hall–Kier alpha value is -4.45. The van der Waals surface area contributed by atoms with E-state index in [-0.39, 0.29) is 18.9 Å². The second-order valence-corrected chi connectivity index (χ2v) is 11.6. The number of aliphatic carboxylic acids is 1. The van der Waals surface area contributed by atoms with E-state index in [4.69, 9.17) is 15.2 Å². The highest BCUT2D eigenvalue weighted by Gasteiger charge is 2.40. The van der Waals surface area contributed by atoms with Gasteiger partial charge < -0.3 is 35.8 Å². The summed E-state index contributed by atoms with van der Waals surface area (Å²) in [6, 6.07) is 11.8. The van der Waals surface area contributed by atoms with E-state index in [0.717, 1.165) is 5.56 Å². The minimum Gasteiger partial charge on any atom is -0.497 e. The molecule has 5 N–H and O–H groups in total. The third kappa shape index (κ3) is 10.3. The van der Waals surface area contributed by atoms with Crippen molar-refractivity contribution in [1.82, 2.24) is 15.5 Å². The monoisotopic (exact) mass is 638 g/mol. The van der Waals surface area contributed by atoms with Gasteiger partial charge in [-0.05, 0) is 67.9 Å². The van der Waals surface area contributed by atoms with Crippen LogP contribution in [-0.4, -0.2) is 84.1 Å². The Balaban J connectivity index is 1.65. The first-order valence-electron chi connectivity index (χ1n) is 15.8. The number of esters is 1. The largest absolute Gasteiger partial charge is 0.497 e. The number of hydrogen-bond acceptors (Lipinski definition) is 8. The maximum absolute atomic E-state index is 13.7. The van der Waals surface area contributed by atoms with Crippen molar-refractivity contribution in [3.05, 3.63) is 65.7 Å². The molecule has 46 heavy (non-hydrogen) atoms. The summed E-state index contributed by atoms with van der Waals surface area (Å²) in [5, 5.41) is 15.2. The molecule has 0 bridgehead atoms. The number of methoxy groups -OCH3 is 1. The molecule has 5 atom stereocenters. The molecule has 3 amide bonds. The van der Waals surface area contributed by atoms with Crippen LogP contribution in [0.5, 0.6) is 5.75 Å². The zero-order valence-corrected chi connectivity index (χ0v) is 26.8. The second-order valence-electron chi connectivity index (χ2n) is 11.6. The Morgan fingerprint density at radius 1 is 1.00 bits per heavy atom. The Bertz CT molecular complexity index is 1320. The van der Waals surface area contributed by atoms with Crippen LogP contribution in [0.1, 0.15) is 68.3 Å². The molecule has 0 spiro atoms. The van der Waals surface area contributed by atoms with E-state index in [1.807, 2.05) is 19.9 Å². The summed E-state index contributed by atoms with van der Waals surface area (Å²) < 4.78 is 10.5. The van der Waals surface area contributed by atoms with Crippen molar-refractivity contribution in [2.24, 2.45) is 11.7 Å². The fraction of sp³-hybridized carbons (Fsp3) is 0.500. The zero-order valence-electron chi connectivity index (χ0n) is 26.8. The van der Waals surface area contributed by atoms with E-state index < -0.39 is 53.8 Å². The van der Waals surface area contributed by atoms with E-state index in [1.54, 1.807) is 55.6 Å². The topological polar surface area (TPSA) is 177 Å². The van der Waals surface area contributed by atoms with Crippen molar-refractivity contribution in [2.45, 2.75) is 83.0 Å². The van der Waals surface area contributed by atoms with E-state index in [9.17, 15) is 29.1 Å². The van der Waals surface area contributed by atoms with Gasteiger partial charge in [0.15, 0.2) is 0 Å². The van der Waals surface area contributed by atoms with Gasteiger partial charge >= 0.3 is 11.9 Å². The minimum absolute atomic E-state index is 0.118. The number of carbonyl (C=O) groups excluding carboxylic acids is 4. The molecule has 0 saturated carbocycles. The molecule has 1 aliphatic rings.